The number of amides is 2. The molecule has 0 aliphatic rings. The molecule has 6 nitrogen and oxygen atoms in total. The van der Waals surface area contributed by atoms with Crippen LogP contribution in [0.4, 0.5) is 10.5 Å². The van der Waals surface area contributed by atoms with Crippen LogP contribution in [-0.4, -0.2) is 32.3 Å². The average Bonchev–Trinajstić information content (AvgIpc) is 2.44. The summed E-state index contributed by atoms with van der Waals surface area (Å²) < 4.78 is 9.80. The smallest absolute Gasteiger partial charge is 0.328 e. The third kappa shape index (κ3) is 4.15. The van der Waals surface area contributed by atoms with Crippen molar-refractivity contribution in [2.45, 2.75) is 19.9 Å². The second-order valence-corrected chi connectivity index (χ2v) is 4.54. The SMILES string of the molecule is COC(=O)[C@H](NC(=O)Nc1ccccc1OC)C(C)C. The van der Waals surface area contributed by atoms with Gasteiger partial charge in [0.1, 0.15) is 11.8 Å². The fourth-order valence-electron chi connectivity index (χ4n) is 1.67. The van der Waals surface area contributed by atoms with Crippen molar-refractivity contribution in [3.8, 4) is 5.75 Å². The van der Waals surface area contributed by atoms with Gasteiger partial charge in [-0.25, -0.2) is 9.59 Å². The highest BCUT2D eigenvalue weighted by atomic mass is 16.5. The van der Waals surface area contributed by atoms with Crippen LogP contribution in [0.2, 0.25) is 0 Å². The van der Waals surface area contributed by atoms with E-state index in [1.807, 2.05) is 13.8 Å². The minimum atomic E-state index is -0.699. The Balaban J connectivity index is 2.73. The van der Waals surface area contributed by atoms with Gasteiger partial charge in [-0.1, -0.05) is 26.0 Å². The van der Waals surface area contributed by atoms with E-state index in [0.717, 1.165) is 0 Å². The van der Waals surface area contributed by atoms with Gasteiger partial charge in [0.05, 0.1) is 19.9 Å². The summed E-state index contributed by atoms with van der Waals surface area (Å²) >= 11 is 0. The molecular formula is C14H20N2O4. The van der Waals surface area contributed by atoms with E-state index in [0.29, 0.717) is 11.4 Å². The molecule has 0 fully saturated rings. The van der Waals surface area contributed by atoms with Crippen LogP contribution in [-0.2, 0) is 9.53 Å². The topological polar surface area (TPSA) is 76.7 Å². The first-order valence-corrected chi connectivity index (χ1v) is 6.28. The van der Waals surface area contributed by atoms with Crippen LogP contribution >= 0.6 is 0 Å². The molecule has 0 saturated carbocycles. The van der Waals surface area contributed by atoms with Crippen molar-refractivity contribution in [1.29, 1.82) is 0 Å². The Morgan fingerprint density at radius 2 is 1.80 bits per heavy atom. The molecule has 0 spiro atoms. The van der Waals surface area contributed by atoms with Gasteiger partial charge in [0.15, 0.2) is 0 Å². The van der Waals surface area contributed by atoms with Crippen molar-refractivity contribution in [2.24, 2.45) is 5.92 Å². The normalized spacial score (nSPS) is 11.7. The summed E-state index contributed by atoms with van der Waals surface area (Å²) in [6, 6.07) is 5.83. The Morgan fingerprint density at radius 3 is 2.35 bits per heavy atom. The summed E-state index contributed by atoms with van der Waals surface area (Å²) in [7, 11) is 2.81. The zero-order valence-corrected chi connectivity index (χ0v) is 12.1. The highest BCUT2D eigenvalue weighted by molar-refractivity contribution is 5.93. The molecular weight excluding hydrogens is 260 g/mol. The van der Waals surface area contributed by atoms with Gasteiger partial charge in [-0.15, -0.1) is 0 Å². The largest absolute Gasteiger partial charge is 0.495 e. The lowest BCUT2D eigenvalue weighted by Crippen LogP contribution is -2.46. The van der Waals surface area contributed by atoms with Gasteiger partial charge in [-0.05, 0) is 18.1 Å². The summed E-state index contributed by atoms with van der Waals surface area (Å²) in [6.45, 7) is 3.65. The van der Waals surface area contributed by atoms with Crippen LogP contribution in [0.3, 0.4) is 0 Å². The Labute approximate surface area is 118 Å². The van der Waals surface area contributed by atoms with Crippen LogP contribution in [0, 0.1) is 5.92 Å². The quantitative estimate of drug-likeness (QED) is 0.809. The van der Waals surface area contributed by atoms with E-state index in [9.17, 15) is 9.59 Å². The van der Waals surface area contributed by atoms with Crippen molar-refractivity contribution in [3.05, 3.63) is 24.3 Å². The number of hydrogen-bond acceptors (Lipinski definition) is 4. The molecule has 1 aromatic rings. The average molecular weight is 280 g/mol. The molecule has 20 heavy (non-hydrogen) atoms. The van der Waals surface area contributed by atoms with E-state index in [1.54, 1.807) is 24.3 Å². The molecule has 1 aromatic carbocycles. The number of methoxy groups -OCH3 is 2. The van der Waals surface area contributed by atoms with E-state index >= 15 is 0 Å². The van der Waals surface area contributed by atoms with Gasteiger partial charge < -0.3 is 20.1 Å². The maximum Gasteiger partial charge on any atom is 0.328 e. The van der Waals surface area contributed by atoms with Crippen molar-refractivity contribution >= 4 is 17.7 Å². The maximum atomic E-state index is 11.9. The number of carbonyl (C=O) groups is 2. The molecule has 0 aliphatic carbocycles. The number of ether oxygens (including phenoxy) is 2. The number of esters is 1. The molecule has 1 rings (SSSR count). The van der Waals surface area contributed by atoms with Gasteiger partial charge in [0.25, 0.3) is 0 Å². The van der Waals surface area contributed by atoms with Crippen LogP contribution in [0.25, 0.3) is 0 Å². The van der Waals surface area contributed by atoms with E-state index in [-0.39, 0.29) is 5.92 Å². The summed E-state index contributed by atoms with van der Waals surface area (Å²) in [5.74, 6) is -0.0112. The van der Waals surface area contributed by atoms with Crippen LogP contribution in [0.1, 0.15) is 13.8 Å². The number of benzene rings is 1. The Kier molecular flexibility index (Phi) is 5.83. The standard InChI is InChI=1S/C14H20N2O4/c1-9(2)12(13(17)20-4)16-14(18)15-10-7-5-6-8-11(10)19-3/h5-9,12H,1-4H3,(H2,15,16,18)/t12-/m1/s1. The molecule has 2 amide bonds. The van der Waals surface area contributed by atoms with Crippen LogP contribution in [0.15, 0.2) is 24.3 Å². The number of para-hydroxylation sites is 2. The number of nitrogens with one attached hydrogen (secondary N) is 2. The summed E-state index contributed by atoms with van der Waals surface area (Å²) in [4.78, 5) is 23.5. The van der Waals surface area contributed by atoms with Gasteiger partial charge in [-0.3, -0.25) is 0 Å². The molecule has 6 heteroatoms. The lowest BCUT2D eigenvalue weighted by Gasteiger charge is -2.20. The first kappa shape index (κ1) is 15.8. The number of carbonyl (C=O) groups excluding carboxylic acids is 2. The summed E-state index contributed by atoms with van der Waals surface area (Å²) in [5.41, 5.74) is 0.528. The van der Waals surface area contributed by atoms with E-state index in [2.05, 4.69) is 15.4 Å². The number of hydrogen-bond donors (Lipinski definition) is 2. The molecule has 110 valence electrons. The van der Waals surface area contributed by atoms with Gasteiger partial charge in [0.2, 0.25) is 0 Å². The van der Waals surface area contributed by atoms with Crippen molar-refractivity contribution in [1.82, 2.24) is 5.32 Å². The minimum Gasteiger partial charge on any atom is -0.495 e. The number of rotatable bonds is 5. The maximum absolute atomic E-state index is 11.9. The Hall–Kier alpha value is -2.24. The van der Waals surface area contributed by atoms with Gasteiger partial charge in [0, 0.05) is 0 Å². The van der Waals surface area contributed by atoms with Gasteiger partial charge in [-0.2, -0.15) is 0 Å². The molecule has 0 aromatic heterocycles. The first-order chi connectivity index (χ1) is 9.49. The van der Waals surface area contributed by atoms with Crippen LogP contribution in [0.5, 0.6) is 5.75 Å². The summed E-state index contributed by atoms with van der Waals surface area (Å²) in [5, 5.41) is 5.23. The van der Waals surface area contributed by atoms with E-state index in [4.69, 9.17) is 4.74 Å². The highest BCUT2D eigenvalue weighted by Gasteiger charge is 2.25. The predicted octanol–water partition coefficient (Wildman–Crippen LogP) is 2.01. The van der Waals surface area contributed by atoms with E-state index in [1.165, 1.54) is 14.2 Å². The molecule has 1 atom stereocenters. The number of urea groups is 1. The van der Waals surface area contributed by atoms with Crippen LogP contribution < -0.4 is 15.4 Å². The van der Waals surface area contributed by atoms with Crippen molar-refractivity contribution in [2.75, 3.05) is 19.5 Å². The monoisotopic (exact) mass is 280 g/mol. The molecule has 2 N–H and O–H groups in total. The lowest BCUT2D eigenvalue weighted by atomic mass is 10.1. The highest BCUT2D eigenvalue weighted by Crippen LogP contribution is 2.22. The molecule has 0 unspecified atom stereocenters. The third-order valence-corrected chi connectivity index (χ3v) is 2.76. The molecule has 0 saturated heterocycles. The van der Waals surface area contributed by atoms with Gasteiger partial charge >= 0.3 is 12.0 Å². The zero-order valence-electron chi connectivity index (χ0n) is 12.1. The predicted molar refractivity (Wildman–Crippen MR) is 75.8 cm³/mol. The van der Waals surface area contributed by atoms with Crippen molar-refractivity contribution in [3.63, 3.8) is 0 Å². The van der Waals surface area contributed by atoms with E-state index < -0.39 is 18.0 Å². The number of anilines is 1. The Morgan fingerprint density at radius 1 is 1.15 bits per heavy atom. The van der Waals surface area contributed by atoms with Crippen molar-refractivity contribution < 1.29 is 19.1 Å². The molecule has 0 aliphatic heterocycles. The third-order valence-electron chi connectivity index (χ3n) is 2.76. The molecule has 0 heterocycles. The second kappa shape index (κ2) is 7.37. The Bertz CT molecular complexity index is 474. The zero-order chi connectivity index (χ0) is 15.1. The molecule has 0 bridgehead atoms. The molecule has 0 radical (unpaired) electrons. The fourth-order valence-corrected chi connectivity index (χ4v) is 1.67. The summed E-state index contributed by atoms with van der Waals surface area (Å²) in [6.07, 6.45) is 0. The lowest BCUT2D eigenvalue weighted by molar-refractivity contribution is -0.143. The first-order valence-electron chi connectivity index (χ1n) is 6.28. The minimum absolute atomic E-state index is 0.0779. The fraction of sp³-hybridized carbons (Fsp3) is 0.429. The second-order valence-electron chi connectivity index (χ2n) is 4.54.